The molecule has 0 radical (unpaired) electrons. The van der Waals surface area contributed by atoms with E-state index < -0.39 is 0 Å². The van der Waals surface area contributed by atoms with Crippen molar-refractivity contribution in [3.63, 3.8) is 0 Å². The Bertz CT molecular complexity index is 707. The van der Waals surface area contributed by atoms with Crippen molar-refractivity contribution in [2.24, 2.45) is 0 Å². The summed E-state index contributed by atoms with van der Waals surface area (Å²) in [6.45, 7) is 4.48. The van der Waals surface area contributed by atoms with Crippen molar-refractivity contribution in [2.75, 3.05) is 37.4 Å². The third-order valence-corrected chi connectivity index (χ3v) is 5.43. The highest BCUT2D eigenvalue weighted by molar-refractivity contribution is 5.81. The van der Waals surface area contributed by atoms with Gasteiger partial charge in [0.2, 0.25) is 0 Å². The normalized spacial score (nSPS) is 23.5. The van der Waals surface area contributed by atoms with Gasteiger partial charge >= 0.3 is 0 Å². The topological polar surface area (TPSA) is 18.5 Å². The summed E-state index contributed by atoms with van der Waals surface area (Å²) in [5, 5.41) is 3.63. The van der Waals surface area contributed by atoms with Crippen molar-refractivity contribution in [3.8, 4) is 0 Å². The van der Waals surface area contributed by atoms with E-state index in [0.717, 1.165) is 12.2 Å². The van der Waals surface area contributed by atoms with E-state index in [4.69, 9.17) is 0 Å². The molecular weight excluding hydrogens is 282 g/mol. The van der Waals surface area contributed by atoms with Crippen LogP contribution < -0.4 is 10.2 Å². The van der Waals surface area contributed by atoms with Crippen molar-refractivity contribution in [1.82, 2.24) is 4.90 Å². The molecule has 3 nitrogen and oxygen atoms in total. The van der Waals surface area contributed by atoms with Gasteiger partial charge in [-0.2, -0.15) is 0 Å². The quantitative estimate of drug-likeness (QED) is 0.905. The van der Waals surface area contributed by atoms with Crippen LogP contribution in [0, 0.1) is 6.92 Å². The second kappa shape index (κ2) is 5.57. The molecule has 2 heterocycles. The standard InChI is InChI=1S/C20H25N3/c1-14-7-9-15(10-8-14)21-18-6-4-5-16-17-13-22(2)12-11-19(17)23(3)20(16)18/h4-10,17,19,21H,11-13H2,1-3H3/t17-,19+/m1/s1. The first-order chi connectivity index (χ1) is 11.1. The molecule has 0 saturated carbocycles. The van der Waals surface area contributed by atoms with Crippen molar-refractivity contribution < 1.29 is 0 Å². The zero-order valence-corrected chi connectivity index (χ0v) is 14.2. The Kier molecular flexibility index (Phi) is 3.53. The number of nitrogens with zero attached hydrogens (tertiary/aromatic N) is 2. The van der Waals surface area contributed by atoms with Crippen LogP contribution in [0.2, 0.25) is 0 Å². The molecule has 0 amide bonds. The minimum atomic E-state index is 0.633. The number of hydrogen-bond acceptors (Lipinski definition) is 3. The van der Waals surface area contributed by atoms with Gasteiger partial charge in [0.25, 0.3) is 0 Å². The molecule has 2 aliphatic rings. The molecule has 1 fully saturated rings. The predicted molar refractivity (Wildman–Crippen MR) is 97.9 cm³/mol. The molecule has 2 aliphatic heterocycles. The summed E-state index contributed by atoms with van der Waals surface area (Å²) < 4.78 is 0. The molecular formula is C20H25N3. The average molecular weight is 307 g/mol. The summed E-state index contributed by atoms with van der Waals surface area (Å²) in [5.41, 5.74) is 6.56. The largest absolute Gasteiger partial charge is 0.369 e. The molecule has 1 saturated heterocycles. The van der Waals surface area contributed by atoms with Crippen LogP contribution in [-0.2, 0) is 0 Å². The first-order valence-corrected chi connectivity index (χ1v) is 8.51. The van der Waals surface area contributed by atoms with E-state index in [2.05, 4.69) is 78.6 Å². The van der Waals surface area contributed by atoms with Gasteiger partial charge in [-0.15, -0.1) is 0 Å². The lowest BCUT2D eigenvalue weighted by atomic mass is 9.89. The van der Waals surface area contributed by atoms with E-state index in [1.54, 1.807) is 0 Å². The summed E-state index contributed by atoms with van der Waals surface area (Å²) in [6, 6.07) is 16.0. The number of benzene rings is 2. The number of likely N-dealkylation sites (tertiary alicyclic amines) is 1. The highest BCUT2D eigenvalue weighted by atomic mass is 15.2. The van der Waals surface area contributed by atoms with E-state index in [-0.39, 0.29) is 0 Å². The van der Waals surface area contributed by atoms with Gasteiger partial charge in [0.15, 0.2) is 0 Å². The maximum atomic E-state index is 3.63. The summed E-state index contributed by atoms with van der Waals surface area (Å²) >= 11 is 0. The Morgan fingerprint density at radius 2 is 1.83 bits per heavy atom. The minimum Gasteiger partial charge on any atom is -0.369 e. The van der Waals surface area contributed by atoms with Gasteiger partial charge in [-0.05, 0) is 50.7 Å². The second-order valence-electron chi connectivity index (χ2n) is 7.07. The van der Waals surface area contributed by atoms with Gasteiger partial charge in [-0.3, -0.25) is 0 Å². The second-order valence-corrected chi connectivity index (χ2v) is 7.07. The molecule has 120 valence electrons. The summed E-state index contributed by atoms with van der Waals surface area (Å²) in [7, 11) is 4.50. The number of rotatable bonds is 2. The predicted octanol–water partition coefficient (Wildman–Crippen LogP) is 3.98. The van der Waals surface area contributed by atoms with Gasteiger partial charge in [0.1, 0.15) is 0 Å². The summed E-state index contributed by atoms with van der Waals surface area (Å²) in [6.07, 6.45) is 1.25. The lowest BCUT2D eigenvalue weighted by Crippen LogP contribution is -2.43. The number of hydrogen-bond donors (Lipinski definition) is 1. The zero-order chi connectivity index (χ0) is 16.0. The SMILES string of the molecule is Cc1ccc(Nc2cccc3c2N(C)[C@H]2CCN(C)C[C@H]32)cc1. The smallest absolute Gasteiger partial charge is 0.0642 e. The van der Waals surface area contributed by atoms with E-state index in [9.17, 15) is 0 Å². The minimum absolute atomic E-state index is 0.633. The molecule has 4 rings (SSSR count). The maximum Gasteiger partial charge on any atom is 0.0642 e. The Morgan fingerprint density at radius 1 is 1.04 bits per heavy atom. The number of fused-ring (bicyclic) bond motifs is 3. The monoisotopic (exact) mass is 307 g/mol. The average Bonchev–Trinajstić information content (AvgIpc) is 2.83. The Balaban J connectivity index is 1.70. The summed E-state index contributed by atoms with van der Waals surface area (Å²) in [5.74, 6) is 0.633. The molecule has 0 aromatic heterocycles. The number of aryl methyl sites for hydroxylation is 1. The van der Waals surface area contributed by atoms with Crippen LogP contribution in [0.25, 0.3) is 0 Å². The Hall–Kier alpha value is -2.00. The fourth-order valence-corrected chi connectivity index (χ4v) is 4.19. The fraction of sp³-hybridized carbons (Fsp3) is 0.400. The van der Waals surface area contributed by atoms with Gasteiger partial charge < -0.3 is 15.1 Å². The van der Waals surface area contributed by atoms with Gasteiger partial charge in [-0.1, -0.05) is 29.8 Å². The Morgan fingerprint density at radius 3 is 2.61 bits per heavy atom. The molecule has 0 spiro atoms. The van der Waals surface area contributed by atoms with Crippen molar-refractivity contribution in [1.29, 1.82) is 0 Å². The highest BCUT2D eigenvalue weighted by Crippen LogP contribution is 2.47. The van der Waals surface area contributed by atoms with Crippen molar-refractivity contribution in [2.45, 2.75) is 25.3 Å². The van der Waals surface area contributed by atoms with Crippen LogP contribution in [0.3, 0.4) is 0 Å². The molecule has 23 heavy (non-hydrogen) atoms. The molecule has 0 bridgehead atoms. The van der Waals surface area contributed by atoms with Crippen molar-refractivity contribution in [3.05, 3.63) is 53.6 Å². The van der Waals surface area contributed by atoms with Crippen LogP contribution >= 0.6 is 0 Å². The van der Waals surface area contributed by atoms with E-state index >= 15 is 0 Å². The van der Waals surface area contributed by atoms with E-state index in [0.29, 0.717) is 12.0 Å². The molecule has 0 unspecified atom stereocenters. The van der Waals surface area contributed by atoms with E-state index in [1.807, 2.05) is 0 Å². The number of likely N-dealkylation sites (N-methyl/N-ethyl adjacent to an activating group) is 2. The molecule has 0 aliphatic carbocycles. The zero-order valence-electron chi connectivity index (χ0n) is 14.2. The van der Waals surface area contributed by atoms with Gasteiger partial charge in [0, 0.05) is 31.2 Å². The lowest BCUT2D eigenvalue weighted by molar-refractivity contribution is 0.234. The molecule has 2 atom stereocenters. The Labute approximate surface area is 138 Å². The highest BCUT2D eigenvalue weighted by Gasteiger charge is 2.40. The van der Waals surface area contributed by atoms with E-state index in [1.165, 1.54) is 35.5 Å². The van der Waals surface area contributed by atoms with Crippen LogP contribution in [0.15, 0.2) is 42.5 Å². The van der Waals surface area contributed by atoms with Gasteiger partial charge in [0.05, 0.1) is 11.4 Å². The number of nitrogens with one attached hydrogen (secondary N) is 1. The third kappa shape index (κ3) is 2.49. The molecule has 2 aromatic rings. The number of piperidine rings is 1. The first-order valence-electron chi connectivity index (χ1n) is 8.51. The number of anilines is 3. The van der Waals surface area contributed by atoms with Crippen LogP contribution in [0.5, 0.6) is 0 Å². The van der Waals surface area contributed by atoms with Crippen LogP contribution in [-0.4, -0.2) is 38.1 Å². The van der Waals surface area contributed by atoms with Crippen LogP contribution in [0.4, 0.5) is 17.1 Å². The van der Waals surface area contributed by atoms with Crippen molar-refractivity contribution >= 4 is 17.1 Å². The molecule has 3 heteroatoms. The maximum absolute atomic E-state index is 3.63. The molecule has 1 N–H and O–H groups in total. The lowest BCUT2D eigenvalue weighted by Gasteiger charge is -2.35. The third-order valence-electron chi connectivity index (χ3n) is 5.43. The van der Waals surface area contributed by atoms with Crippen LogP contribution in [0.1, 0.15) is 23.5 Å². The van der Waals surface area contributed by atoms with Gasteiger partial charge in [-0.25, -0.2) is 0 Å². The fourth-order valence-electron chi connectivity index (χ4n) is 4.19. The molecule has 2 aromatic carbocycles. The first kappa shape index (κ1) is 14.6. The summed E-state index contributed by atoms with van der Waals surface area (Å²) in [4.78, 5) is 4.97. The number of para-hydroxylation sites is 1.